The Balaban J connectivity index is 1.62. The van der Waals surface area contributed by atoms with E-state index in [1.807, 2.05) is 0 Å². The van der Waals surface area contributed by atoms with E-state index in [0.29, 0.717) is 13.0 Å². The summed E-state index contributed by atoms with van der Waals surface area (Å²) in [6.45, 7) is 2.69. The molecule has 2 fully saturated rings. The predicted octanol–water partition coefficient (Wildman–Crippen LogP) is 3.40. The average Bonchev–Trinajstić information content (AvgIpc) is 2.48. The van der Waals surface area contributed by atoms with Gasteiger partial charge in [-0.15, -0.1) is 0 Å². The van der Waals surface area contributed by atoms with Crippen molar-refractivity contribution in [3.63, 3.8) is 0 Å². The highest BCUT2D eigenvalue weighted by atomic mass is 16.3. The first kappa shape index (κ1) is 15.8. The summed E-state index contributed by atoms with van der Waals surface area (Å²) in [5.74, 6) is 1.60. The van der Waals surface area contributed by atoms with Gasteiger partial charge in [0.1, 0.15) is 0 Å². The molecule has 2 saturated carbocycles. The third-order valence-electron chi connectivity index (χ3n) is 5.32. The van der Waals surface area contributed by atoms with Gasteiger partial charge in [0.2, 0.25) is 5.91 Å². The van der Waals surface area contributed by atoms with Gasteiger partial charge in [-0.05, 0) is 43.9 Å². The Morgan fingerprint density at radius 1 is 1.15 bits per heavy atom. The van der Waals surface area contributed by atoms with Crippen LogP contribution in [0.25, 0.3) is 0 Å². The molecule has 3 heteroatoms. The molecule has 0 aromatic carbocycles. The van der Waals surface area contributed by atoms with Crippen molar-refractivity contribution in [2.45, 2.75) is 83.2 Å². The van der Waals surface area contributed by atoms with Crippen LogP contribution in [0.3, 0.4) is 0 Å². The number of carbonyl (C=O) groups is 1. The maximum atomic E-state index is 11.9. The van der Waals surface area contributed by atoms with Crippen LogP contribution in [0, 0.1) is 11.8 Å². The summed E-state index contributed by atoms with van der Waals surface area (Å²) in [5, 5.41) is 13.4. The Hall–Kier alpha value is -0.570. The molecule has 2 N–H and O–H groups in total. The minimum absolute atomic E-state index is 0.127. The van der Waals surface area contributed by atoms with Gasteiger partial charge in [-0.1, -0.05) is 39.0 Å². The van der Waals surface area contributed by atoms with Crippen LogP contribution in [0.1, 0.15) is 77.6 Å². The summed E-state index contributed by atoms with van der Waals surface area (Å²) in [5.41, 5.74) is -0.646. The lowest BCUT2D eigenvalue weighted by Crippen LogP contribution is -2.45. The molecule has 0 aromatic rings. The highest BCUT2D eigenvalue weighted by Crippen LogP contribution is 2.31. The van der Waals surface area contributed by atoms with Gasteiger partial charge in [0.25, 0.3) is 0 Å². The van der Waals surface area contributed by atoms with Crippen LogP contribution in [-0.2, 0) is 4.79 Å². The molecule has 0 spiro atoms. The van der Waals surface area contributed by atoms with Crippen LogP contribution in [0.2, 0.25) is 0 Å². The fourth-order valence-corrected chi connectivity index (χ4v) is 3.64. The van der Waals surface area contributed by atoms with E-state index in [1.165, 1.54) is 32.1 Å². The molecule has 0 bridgehead atoms. The lowest BCUT2D eigenvalue weighted by Gasteiger charge is -2.35. The monoisotopic (exact) mass is 281 g/mol. The van der Waals surface area contributed by atoms with Gasteiger partial charge in [0, 0.05) is 13.0 Å². The highest BCUT2D eigenvalue weighted by molar-refractivity contribution is 5.75. The van der Waals surface area contributed by atoms with Crippen LogP contribution < -0.4 is 5.32 Å². The molecule has 0 aromatic heterocycles. The van der Waals surface area contributed by atoms with E-state index in [1.54, 1.807) is 0 Å². The van der Waals surface area contributed by atoms with Crippen LogP contribution >= 0.6 is 0 Å². The second kappa shape index (κ2) is 7.44. The van der Waals surface area contributed by atoms with Crippen molar-refractivity contribution in [3.05, 3.63) is 0 Å². The molecule has 0 atom stereocenters. The zero-order chi connectivity index (χ0) is 14.4. The largest absolute Gasteiger partial charge is 0.388 e. The summed E-state index contributed by atoms with van der Waals surface area (Å²) in [6.07, 6.45) is 12.1. The molecule has 0 unspecified atom stereocenters. The molecular formula is C17H31NO2. The average molecular weight is 281 g/mol. The second-order valence-corrected chi connectivity index (χ2v) is 7.23. The van der Waals surface area contributed by atoms with E-state index in [4.69, 9.17) is 0 Å². The van der Waals surface area contributed by atoms with E-state index in [-0.39, 0.29) is 5.91 Å². The third kappa shape index (κ3) is 5.08. The smallest absolute Gasteiger partial charge is 0.220 e. The topological polar surface area (TPSA) is 49.3 Å². The van der Waals surface area contributed by atoms with E-state index >= 15 is 0 Å². The first-order valence-corrected chi connectivity index (χ1v) is 8.56. The number of aliphatic hydroxyl groups is 1. The molecule has 0 aliphatic heterocycles. The lowest BCUT2D eigenvalue weighted by atomic mass is 9.79. The van der Waals surface area contributed by atoms with E-state index in [9.17, 15) is 9.90 Å². The molecule has 0 heterocycles. The molecule has 2 aliphatic carbocycles. The van der Waals surface area contributed by atoms with Gasteiger partial charge in [-0.25, -0.2) is 0 Å². The SMILES string of the molecule is CC1CCC(O)(CNC(=O)CCC2CCCCC2)CC1. The minimum atomic E-state index is -0.646. The van der Waals surface area contributed by atoms with Crippen molar-refractivity contribution in [2.24, 2.45) is 11.8 Å². The van der Waals surface area contributed by atoms with Crippen molar-refractivity contribution < 1.29 is 9.90 Å². The van der Waals surface area contributed by atoms with Crippen molar-refractivity contribution in [2.75, 3.05) is 6.54 Å². The molecule has 0 radical (unpaired) electrons. The second-order valence-electron chi connectivity index (χ2n) is 7.23. The predicted molar refractivity (Wildman–Crippen MR) is 81.4 cm³/mol. The van der Waals surface area contributed by atoms with E-state index < -0.39 is 5.60 Å². The summed E-state index contributed by atoms with van der Waals surface area (Å²) in [4.78, 5) is 11.9. The van der Waals surface area contributed by atoms with Crippen molar-refractivity contribution >= 4 is 5.91 Å². The number of nitrogens with one attached hydrogen (secondary N) is 1. The molecule has 2 aliphatic rings. The molecule has 0 saturated heterocycles. The quantitative estimate of drug-likeness (QED) is 0.811. The summed E-state index contributed by atoms with van der Waals surface area (Å²) >= 11 is 0. The summed E-state index contributed by atoms with van der Waals surface area (Å²) in [6, 6.07) is 0. The molecule has 2 rings (SSSR count). The third-order valence-corrected chi connectivity index (χ3v) is 5.32. The van der Waals surface area contributed by atoms with Crippen LogP contribution in [0.15, 0.2) is 0 Å². The van der Waals surface area contributed by atoms with Gasteiger partial charge in [-0.3, -0.25) is 4.79 Å². The van der Waals surface area contributed by atoms with Gasteiger partial charge >= 0.3 is 0 Å². The van der Waals surface area contributed by atoms with Crippen LogP contribution in [0.4, 0.5) is 0 Å². The van der Waals surface area contributed by atoms with Crippen molar-refractivity contribution in [1.82, 2.24) is 5.32 Å². The first-order chi connectivity index (χ1) is 9.57. The van der Waals surface area contributed by atoms with Gasteiger partial charge < -0.3 is 10.4 Å². The zero-order valence-corrected chi connectivity index (χ0v) is 13.0. The standard InChI is InChI=1S/C17H31NO2/c1-14-9-11-17(20,12-10-14)13-18-16(19)8-7-15-5-3-2-4-6-15/h14-15,20H,2-13H2,1H3,(H,18,19). The maximum absolute atomic E-state index is 11.9. The Kier molecular flexibility index (Phi) is 5.88. The molecule has 20 heavy (non-hydrogen) atoms. The van der Waals surface area contributed by atoms with Gasteiger partial charge in [0.15, 0.2) is 0 Å². The zero-order valence-electron chi connectivity index (χ0n) is 13.0. The van der Waals surface area contributed by atoms with Crippen LogP contribution in [-0.4, -0.2) is 23.2 Å². The van der Waals surface area contributed by atoms with Crippen molar-refractivity contribution in [1.29, 1.82) is 0 Å². The van der Waals surface area contributed by atoms with Crippen molar-refractivity contribution in [3.8, 4) is 0 Å². The number of rotatable bonds is 5. The fraction of sp³-hybridized carbons (Fsp3) is 0.941. The van der Waals surface area contributed by atoms with Gasteiger partial charge in [-0.2, -0.15) is 0 Å². The summed E-state index contributed by atoms with van der Waals surface area (Å²) < 4.78 is 0. The summed E-state index contributed by atoms with van der Waals surface area (Å²) in [7, 11) is 0. The van der Waals surface area contributed by atoms with Gasteiger partial charge in [0.05, 0.1) is 5.60 Å². The fourth-order valence-electron chi connectivity index (χ4n) is 3.64. The van der Waals surface area contributed by atoms with Crippen LogP contribution in [0.5, 0.6) is 0 Å². The van der Waals surface area contributed by atoms with E-state index in [2.05, 4.69) is 12.2 Å². The Morgan fingerprint density at radius 3 is 2.45 bits per heavy atom. The molecular weight excluding hydrogens is 250 g/mol. The number of hydrogen-bond acceptors (Lipinski definition) is 2. The first-order valence-electron chi connectivity index (χ1n) is 8.56. The number of hydrogen-bond donors (Lipinski definition) is 2. The Labute approximate surface area is 123 Å². The molecule has 3 nitrogen and oxygen atoms in total. The number of carbonyl (C=O) groups excluding carboxylic acids is 1. The molecule has 116 valence electrons. The molecule has 1 amide bonds. The highest BCUT2D eigenvalue weighted by Gasteiger charge is 2.31. The Bertz CT molecular complexity index is 302. The normalized spacial score (nSPS) is 32.0. The lowest BCUT2D eigenvalue weighted by molar-refractivity contribution is -0.123. The van der Waals surface area contributed by atoms with E-state index in [0.717, 1.165) is 43.9 Å². The Morgan fingerprint density at radius 2 is 1.80 bits per heavy atom. The minimum Gasteiger partial charge on any atom is -0.388 e. The number of amides is 1. The maximum Gasteiger partial charge on any atom is 0.220 e.